The number of carbonyl (C=O) groups is 2. The van der Waals surface area contributed by atoms with Crippen molar-refractivity contribution in [1.29, 1.82) is 0 Å². The van der Waals surface area contributed by atoms with Crippen LogP contribution in [-0.4, -0.2) is 53.5 Å². The Morgan fingerprint density at radius 1 is 1.09 bits per heavy atom. The van der Waals surface area contributed by atoms with Gasteiger partial charge in [-0.1, -0.05) is 23.4 Å². The second-order valence-corrected chi connectivity index (χ2v) is 8.37. The molecular weight excluding hydrogens is 434 g/mol. The monoisotopic (exact) mass is 463 g/mol. The zero-order chi connectivity index (χ0) is 24.2. The molecular formula is C26H29N3O5. The highest BCUT2D eigenvalue weighted by atomic mass is 16.5. The van der Waals surface area contributed by atoms with Crippen molar-refractivity contribution in [2.75, 3.05) is 26.7 Å². The molecule has 3 aromatic rings. The minimum atomic E-state index is -0.261. The first-order valence-electron chi connectivity index (χ1n) is 11.2. The van der Waals surface area contributed by atoms with Crippen LogP contribution in [0.4, 0.5) is 0 Å². The average molecular weight is 464 g/mol. The molecule has 0 saturated carbocycles. The van der Waals surface area contributed by atoms with Crippen LogP contribution in [0.1, 0.15) is 45.9 Å². The Balaban J connectivity index is 1.55. The lowest BCUT2D eigenvalue weighted by Gasteiger charge is -2.41. The third kappa shape index (κ3) is 4.90. The van der Waals surface area contributed by atoms with Gasteiger partial charge in [0.25, 0.3) is 5.91 Å². The van der Waals surface area contributed by atoms with Gasteiger partial charge in [-0.05, 0) is 49.7 Å². The summed E-state index contributed by atoms with van der Waals surface area (Å²) in [5.74, 6) is 1.95. The minimum Gasteiger partial charge on any atom is -0.497 e. The number of carbonyl (C=O) groups excluding carboxylic acids is 2. The van der Waals surface area contributed by atoms with E-state index in [4.69, 9.17) is 14.0 Å². The number of nitrogens with zero attached hydrogens (tertiary/aromatic N) is 3. The molecule has 8 nitrogen and oxygen atoms in total. The Kier molecular flexibility index (Phi) is 6.86. The normalized spacial score (nSPS) is 15.8. The van der Waals surface area contributed by atoms with Gasteiger partial charge in [0.15, 0.2) is 0 Å². The summed E-state index contributed by atoms with van der Waals surface area (Å²) >= 11 is 0. The van der Waals surface area contributed by atoms with E-state index in [9.17, 15) is 9.59 Å². The highest BCUT2D eigenvalue weighted by molar-refractivity contribution is 5.95. The maximum atomic E-state index is 13.6. The third-order valence-electron chi connectivity index (χ3n) is 6.23. The van der Waals surface area contributed by atoms with Crippen LogP contribution < -0.4 is 9.47 Å². The summed E-state index contributed by atoms with van der Waals surface area (Å²) in [4.78, 5) is 29.3. The van der Waals surface area contributed by atoms with Crippen LogP contribution in [0, 0.1) is 13.8 Å². The summed E-state index contributed by atoms with van der Waals surface area (Å²) < 4.78 is 16.4. The van der Waals surface area contributed by atoms with Crippen LogP contribution in [0.25, 0.3) is 0 Å². The van der Waals surface area contributed by atoms with E-state index >= 15 is 0 Å². The molecule has 1 atom stereocenters. The summed E-state index contributed by atoms with van der Waals surface area (Å²) in [6.07, 6.45) is 0. The van der Waals surface area contributed by atoms with Gasteiger partial charge in [-0.25, -0.2) is 0 Å². The lowest BCUT2D eigenvalue weighted by atomic mass is 10.0. The lowest BCUT2D eigenvalue weighted by Crippen LogP contribution is -2.51. The van der Waals surface area contributed by atoms with Gasteiger partial charge in [0.1, 0.15) is 23.9 Å². The quantitative estimate of drug-likeness (QED) is 0.551. The van der Waals surface area contributed by atoms with Crippen LogP contribution in [0.2, 0.25) is 0 Å². The fourth-order valence-electron chi connectivity index (χ4n) is 4.17. The Morgan fingerprint density at radius 2 is 1.85 bits per heavy atom. The van der Waals surface area contributed by atoms with Crippen LogP contribution >= 0.6 is 0 Å². The van der Waals surface area contributed by atoms with Crippen LogP contribution in [0.5, 0.6) is 11.5 Å². The second kappa shape index (κ2) is 9.99. The van der Waals surface area contributed by atoms with Gasteiger partial charge in [-0.3, -0.25) is 9.59 Å². The predicted octanol–water partition coefficient (Wildman–Crippen LogP) is 3.92. The molecule has 2 heterocycles. The van der Waals surface area contributed by atoms with Gasteiger partial charge in [0.2, 0.25) is 5.91 Å². The maximum absolute atomic E-state index is 13.6. The topological polar surface area (TPSA) is 85.1 Å². The minimum absolute atomic E-state index is 0.000307. The molecule has 0 unspecified atom stereocenters. The largest absolute Gasteiger partial charge is 0.497 e. The van der Waals surface area contributed by atoms with Crippen LogP contribution in [0.3, 0.4) is 0 Å². The molecule has 0 aliphatic carbocycles. The van der Waals surface area contributed by atoms with E-state index in [0.29, 0.717) is 37.6 Å². The summed E-state index contributed by atoms with van der Waals surface area (Å²) in [7, 11) is 1.61. The van der Waals surface area contributed by atoms with Crippen molar-refractivity contribution in [3.05, 3.63) is 76.7 Å². The van der Waals surface area contributed by atoms with Gasteiger partial charge in [-0.2, -0.15) is 0 Å². The molecule has 4 rings (SSSR count). The average Bonchev–Trinajstić information content (AvgIpc) is 3.19. The van der Waals surface area contributed by atoms with E-state index in [1.807, 2.05) is 55.1 Å². The molecule has 1 saturated heterocycles. The van der Waals surface area contributed by atoms with E-state index in [-0.39, 0.29) is 17.9 Å². The highest BCUT2D eigenvalue weighted by Crippen LogP contribution is 2.29. The van der Waals surface area contributed by atoms with Crippen molar-refractivity contribution in [3.8, 4) is 11.5 Å². The Labute approximate surface area is 199 Å². The molecule has 34 heavy (non-hydrogen) atoms. The van der Waals surface area contributed by atoms with Gasteiger partial charge in [0, 0.05) is 32.1 Å². The van der Waals surface area contributed by atoms with Crippen molar-refractivity contribution in [2.45, 2.75) is 33.4 Å². The van der Waals surface area contributed by atoms with Crippen molar-refractivity contribution >= 4 is 11.8 Å². The number of methoxy groups -OCH3 is 1. The molecule has 1 aliphatic heterocycles. The van der Waals surface area contributed by atoms with Gasteiger partial charge in [-0.15, -0.1) is 0 Å². The first-order chi connectivity index (χ1) is 16.4. The first kappa shape index (κ1) is 23.4. The molecule has 2 aromatic carbocycles. The smallest absolute Gasteiger partial charge is 0.254 e. The maximum Gasteiger partial charge on any atom is 0.254 e. The fourth-order valence-corrected chi connectivity index (χ4v) is 4.17. The van der Waals surface area contributed by atoms with Gasteiger partial charge >= 0.3 is 0 Å². The van der Waals surface area contributed by atoms with Crippen molar-refractivity contribution in [2.24, 2.45) is 0 Å². The summed E-state index contributed by atoms with van der Waals surface area (Å²) in [5, 5.41) is 3.95. The van der Waals surface area contributed by atoms with Crippen LogP contribution in [0.15, 0.2) is 53.1 Å². The number of ether oxygens (including phenoxy) is 2. The van der Waals surface area contributed by atoms with Crippen LogP contribution in [-0.2, 0) is 11.4 Å². The Bertz CT molecular complexity index is 1150. The molecule has 1 aromatic heterocycles. The molecule has 2 amide bonds. The SMILES string of the molecule is COc1ccc([C@H]2CN(C(C)=O)CCN2C(=O)c2cccc(OCc3c(C)noc3C)c2)cc1. The van der Waals surface area contributed by atoms with Gasteiger partial charge < -0.3 is 23.8 Å². The number of rotatable bonds is 6. The molecule has 1 aliphatic rings. The molecule has 0 bridgehead atoms. The Morgan fingerprint density at radius 3 is 2.50 bits per heavy atom. The zero-order valence-corrected chi connectivity index (χ0v) is 19.9. The first-order valence-corrected chi connectivity index (χ1v) is 11.2. The number of hydrogen-bond acceptors (Lipinski definition) is 6. The second-order valence-electron chi connectivity index (χ2n) is 8.37. The lowest BCUT2D eigenvalue weighted by molar-refractivity contribution is -0.131. The van der Waals surface area contributed by atoms with E-state index in [1.54, 1.807) is 31.1 Å². The molecule has 178 valence electrons. The van der Waals surface area contributed by atoms with E-state index in [1.165, 1.54) is 0 Å². The number of aryl methyl sites for hydroxylation is 2. The summed E-state index contributed by atoms with van der Waals surface area (Å²) in [6.45, 7) is 6.96. The summed E-state index contributed by atoms with van der Waals surface area (Å²) in [5.41, 5.74) is 3.17. The standard InChI is InChI=1S/C26H29N3O5/c1-17-24(18(2)34-27-17)16-33-23-7-5-6-21(14-23)26(31)29-13-12-28(19(3)30)15-25(29)20-8-10-22(32-4)11-9-20/h5-11,14,25H,12-13,15-16H2,1-4H3/t25-/m1/s1. The molecule has 1 fully saturated rings. The predicted molar refractivity (Wildman–Crippen MR) is 126 cm³/mol. The molecule has 0 spiro atoms. The Hall–Kier alpha value is -3.81. The van der Waals surface area contributed by atoms with Crippen molar-refractivity contribution < 1.29 is 23.6 Å². The number of piperazine rings is 1. The number of amides is 2. The van der Waals surface area contributed by atoms with E-state index < -0.39 is 0 Å². The molecule has 0 N–H and O–H groups in total. The summed E-state index contributed by atoms with van der Waals surface area (Å²) in [6, 6.07) is 14.5. The van der Waals surface area contributed by atoms with E-state index in [0.717, 1.165) is 28.3 Å². The highest BCUT2D eigenvalue weighted by Gasteiger charge is 2.33. The fraction of sp³-hybridized carbons (Fsp3) is 0.346. The van der Waals surface area contributed by atoms with E-state index in [2.05, 4.69) is 5.16 Å². The van der Waals surface area contributed by atoms with Crippen molar-refractivity contribution in [1.82, 2.24) is 15.0 Å². The molecule has 8 heteroatoms. The molecule has 0 radical (unpaired) electrons. The zero-order valence-electron chi connectivity index (χ0n) is 19.9. The third-order valence-corrected chi connectivity index (χ3v) is 6.23. The van der Waals surface area contributed by atoms with Crippen molar-refractivity contribution in [3.63, 3.8) is 0 Å². The van der Waals surface area contributed by atoms with Gasteiger partial charge in [0.05, 0.1) is 24.4 Å². The number of hydrogen-bond donors (Lipinski definition) is 0. The number of benzene rings is 2. The number of aromatic nitrogens is 1.